The molecule has 2 nitrogen and oxygen atoms in total. The molecule has 0 aromatic heterocycles. The Kier molecular flexibility index (Phi) is 3.60. The lowest BCUT2D eigenvalue weighted by Crippen LogP contribution is -2.52. The van der Waals surface area contributed by atoms with Crippen LogP contribution in [0.2, 0.25) is 0 Å². The zero-order chi connectivity index (χ0) is 7.56. The van der Waals surface area contributed by atoms with Crippen molar-refractivity contribution in [1.82, 2.24) is 10.6 Å². The molecule has 0 aromatic carbocycles. The molecule has 1 fully saturated rings. The van der Waals surface area contributed by atoms with Crippen LogP contribution >= 0.6 is 35.0 Å². The minimum absolute atomic E-state index is 0.00111. The van der Waals surface area contributed by atoms with Crippen LogP contribution in [0.25, 0.3) is 0 Å². The molecule has 0 radical (unpaired) electrons. The predicted molar refractivity (Wildman–Crippen MR) is 47.5 cm³/mol. The van der Waals surface area contributed by atoms with Gasteiger partial charge in [0.05, 0.1) is 11.0 Å². The van der Waals surface area contributed by atoms with Crippen LogP contribution in [0.15, 0.2) is 0 Å². The topological polar surface area (TPSA) is 24.1 Å². The van der Waals surface area contributed by atoms with E-state index < -0.39 is 0 Å². The van der Waals surface area contributed by atoms with Crippen molar-refractivity contribution in [2.45, 2.75) is 22.9 Å². The van der Waals surface area contributed by atoms with Crippen molar-refractivity contribution in [3.05, 3.63) is 0 Å². The Hall–Kier alpha value is 0.850. The molecule has 2 unspecified atom stereocenters. The quantitative estimate of drug-likeness (QED) is 0.494. The highest BCUT2D eigenvalue weighted by atomic mass is 35.5. The number of rotatable bonds is 1. The molecule has 0 saturated carbocycles. The zero-order valence-corrected chi connectivity index (χ0v) is 7.93. The van der Waals surface area contributed by atoms with Gasteiger partial charge in [0, 0.05) is 6.42 Å². The van der Waals surface area contributed by atoms with Crippen LogP contribution in [0.4, 0.5) is 0 Å². The highest BCUT2D eigenvalue weighted by molar-refractivity contribution is 7.99. The van der Waals surface area contributed by atoms with Gasteiger partial charge >= 0.3 is 0 Å². The Balaban J connectivity index is 2.35. The van der Waals surface area contributed by atoms with Gasteiger partial charge in [0.2, 0.25) is 0 Å². The normalized spacial score (nSPS) is 41.7. The SMILES string of the molecule is CSC1NC(Cl)CC(Cl)N1. The van der Waals surface area contributed by atoms with E-state index in [1.807, 2.05) is 6.26 Å². The van der Waals surface area contributed by atoms with Crippen LogP contribution in [-0.2, 0) is 0 Å². The lowest BCUT2D eigenvalue weighted by Gasteiger charge is -2.30. The van der Waals surface area contributed by atoms with Gasteiger partial charge in [-0.3, -0.25) is 10.6 Å². The molecular weight excluding hydrogens is 191 g/mol. The van der Waals surface area contributed by atoms with Crippen molar-refractivity contribution >= 4 is 35.0 Å². The summed E-state index contributed by atoms with van der Waals surface area (Å²) in [6.45, 7) is 0. The molecule has 60 valence electrons. The fourth-order valence-electron chi connectivity index (χ4n) is 0.830. The number of thioether (sulfide) groups is 1. The minimum Gasteiger partial charge on any atom is -0.277 e. The Bertz CT molecular complexity index is 104. The van der Waals surface area contributed by atoms with E-state index in [4.69, 9.17) is 23.2 Å². The largest absolute Gasteiger partial charge is 0.277 e. The van der Waals surface area contributed by atoms with Gasteiger partial charge in [-0.15, -0.1) is 35.0 Å². The van der Waals surface area contributed by atoms with Crippen LogP contribution in [0.3, 0.4) is 0 Å². The number of halogens is 2. The Morgan fingerprint density at radius 1 is 1.30 bits per heavy atom. The summed E-state index contributed by atoms with van der Waals surface area (Å²) in [5.41, 5.74) is 0.196. The third-order valence-corrected chi connectivity index (χ3v) is 2.67. The molecule has 1 aliphatic rings. The predicted octanol–water partition coefficient (Wildman–Crippen LogP) is 1.35. The van der Waals surface area contributed by atoms with Crippen LogP contribution in [0.1, 0.15) is 6.42 Å². The molecule has 1 saturated heterocycles. The summed E-state index contributed by atoms with van der Waals surface area (Å²) in [6.07, 6.45) is 2.77. The average Bonchev–Trinajstić information content (AvgIpc) is 1.85. The van der Waals surface area contributed by atoms with Crippen molar-refractivity contribution < 1.29 is 0 Å². The van der Waals surface area contributed by atoms with Crippen molar-refractivity contribution in [3.8, 4) is 0 Å². The summed E-state index contributed by atoms with van der Waals surface area (Å²) in [5, 5.41) is 6.26. The zero-order valence-electron chi connectivity index (χ0n) is 5.60. The summed E-state index contributed by atoms with van der Waals surface area (Å²) < 4.78 is 0. The molecule has 5 heteroatoms. The van der Waals surface area contributed by atoms with Crippen molar-refractivity contribution in [1.29, 1.82) is 0 Å². The molecule has 0 aliphatic carbocycles. The summed E-state index contributed by atoms with van der Waals surface area (Å²) in [4.78, 5) is 0. The average molecular weight is 201 g/mol. The first-order valence-electron chi connectivity index (χ1n) is 3.05. The first-order valence-corrected chi connectivity index (χ1v) is 5.21. The van der Waals surface area contributed by atoms with Crippen molar-refractivity contribution in [2.24, 2.45) is 0 Å². The Morgan fingerprint density at radius 2 is 1.80 bits per heavy atom. The number of hydrogen-bond donors (Lipinski definition) is 2. The van der Waals surface area contributed by atoms with E-state index in [1.54, 1.807) is 11.8 Å². The highest BCUT2D eigenvalue weighted by Gasteiger charge is 2.23. The smallest absolute Gasteiger partial charge is 0.107 e. The monoisotopic (exact) mass is 200 g/mol. The third kappa shape index (κ3) is 2.47. The van der Waals surface area contributed by atoms with Gasteiger partial charge in [-0.05, 0) is 6.26 Å². The maximum atomic E-state index is 5.84. The number of nitrogens with one attached hydrogen (secondary N) is 2. The van der Waals surface area contributed by atoms with Crippen LogP contribution in [0.5, 0.6) is 0 Å². The van der Waals surface area contributed by atoms with Gasteiger partial charge in [-0.25, -0.2) is 0 Å². The molecule has 10 heavy (non-hydrogen) atoms. The summed E-state index contributed by atoms with van der Waals surface area (Å²) >= 11 is 13.3. The summed E-state index contributed by atoms with van der Waals surface area (Å²) in [7, 11) is 0. The van der Waals surface area contributed by atoms with E-state index in [2.05, 4.69) is 10.6 Å². The molecule has 1 heterocycles. The van der Waals surface area contributed by atoms with Gasteiger partial charge < -0.3 is 0 Å². The van der Waals surface area contributed by atoms with E-state index in [1.165, 1.54) is 0 Å². The second-order valence-electron chi connectivity index (χ2n) is 2.12. The van der Waals surface area contributed by atoms with E-state index >= 15 is 0 Å². The lowest BCUT2D eigenvalue weighted by molar-refractivity contribution is 0.410. The van der Waals surface area contributed by atoms with Crippen LogP contribution in [0, 0.1) is 0 Å². The lowest BCUT2D eigenvalue weighted by atomic mass is 10.4. The number of alkyl halides is 2. The summed E-state index contributed by atoms with van der Waals surface area (Å²) in [6, 6.07) is 0. The Morgan fingerprint density at radius 3 is 2.20 bits per heavy atom. The van der Waals surface area contributed by atoms with Gasteiger partial charge in [0.15, 0.2) is 0 Å². The second kappa shape index (κ2) is 4.02. The first-order chi connectivity index (χ1) is 4.72. The molecule has 0 bridgehead atoms. The number of hydrogen-bond acceptors (Lipinski definition) is 3. The fourth-order valence-corrected chi connectivity index (χ4v) is 2.28. The van der Waals surface area contributed by atoms with Gasteiger partial charge in [-0.2, -0.15) is 0 Å². The second-order valence-corrected chi connectivity index (χ2v) is 4.12. The molecule has 1 rings (SSSR count). The highest BCUT2D eigenvalue weighted by Crippen LogP contribution is 2.16. The maximum Gasteiger partial charge on any atom is 0.107 e. The minimum atomic E-state index is 0.00111. The van der Waals surface area contributed by atoms with E-state index in [9.17, 15) is 0 Å². The molecule has 1 aliphatic heterocycles. The van der Waals surface area contributed by atoms with E-state index in [-0.39, 0.29) is 16.5 Å². The fraction of sp³-hybridized carbons (Fsp3) is 1.00. The molecule has 0 amide bonds. The third-order valence-electron chi connectivity index (χ3n) is 1.31. The van der Waals surface area contributed by atoms with Crippen LogP contribution in [-0.4, -0.2) is 22.8 Å². The molecule has 2 N–H and O–H groups in total. The molecule has 2 atom stereocenters. The summed E-state index contributed by atoms with van der Waals surface area (Å²) in [5.74, 6) is 0. The molecule has 0 aromatic rings. The maximum absolute atomic E-state index is 5.84. The van der Waals surface area contributed by atoms with E-state index in [0.29, 0.717) is 0 Å². The van der Waals surface area contributed by atoms with Gasteiger partial charge in [0.25, 0.3) is 0 Å². The van der Waals surface area contributed by atoms with Gasteiger partial charge in [-0.1, -0.05) is 0 Å². The van der Waals surface area contributed by atoms with Crippen LogP contribution < -0.4 is 10.6 Å². The van der Waals surface area contributed by atoms with E-state index in [0.717, 1.165) is 6.42 Å². The van der Waals surface area contributed by atoms with Gasteiger partial charge in [0.1, 0.15) is 5.50 Å². The standard InChI is InChI=1S/C5H10Cl2N2S/c1-10-5-8-3(6)2-4(7)9-5/h3-5,8-9H,2H2,1H3. The van der Waals surface area contributed by atoms with Crippen molar-refractivity contribution in [2.75, 3.05) is 6.26 Å². The molecule has 0 spiro atoms. The van der Waals surface area contributed by atoms with Crippen molar-refractivity contribution in [3.63, 3.8) is 0 Å². The first kappa shape index (κ1) is 8.94. The molecular formula is C5H10Cl2N2S. The Labute approximate surface area is 75.0 Å².